The Bertz CT molecular complexity index is 556. The van der Waals surface area contributed by atoms with Gasteiger partial charge in [-0.2, -0.15) is 0 Å². The lowest BCUT2D eigenvalue weighted by Gasteiger charge is -2.20. The van der Waals surface area contributed by atoms with Gasteiger partial charge in [0.25, 0.3) is 0 Å². The Balaban J connectivity index is 2.52. The normalized spacial score (nSPS) is 11.6. The fraction of sp³-hybridized carbons (Fsp3) is 0.400. The third-order valence-corrected chi connectivity index (χ3v) is 3.60. The van der Waals surface area contributed by atoms with Crippen molar-refractivity contribution in [1.29, 1.82) is 0 Å². The summed E-state index contributed by atoms with van der Waals surface area (Å²) in [6.45, 7) is 6.37. The number of hydrogen-bond acceptors (Lipinski definition) is 4. The molecule has 0 amide bonds. The number of ether oxygens (including phenoxy) is 1. The summed E-state index contributed by atoms with van der Waals surface area (Å²) in [5.74, 6) is 2.08. The highest BCUT2D eigenvalue weighted by molar-refractivity contribution is 5.76. The molecule has 0 saturated heterocycles. The number of hydrogen-bond donors (Lipinski definition) is 1. The van der Waals surface area contributed by atoms with E-state index in [1.165, 1.54) is 0 Å². The van der Waals surface area contributed by atoms with Crippen molar-refractivity contribution in [3.8, 4) is 16.9 Å². The molecule has 0 fully saturated rings. The second-order valence-corrected chi connectivity index (χ2v) is 5.24. The molecule has 2 aromatic rings. The zero-order valence-corrected chi connectivity index (χ0v) is 11.9. The summed E-state index contributed by atoms with van der Waals surface area (Å²) >= 11 is 0. The van der Waals surface area contributed by atoms with Crippen molar-refractivity contribution >= 4 is 5.82 Å². The van der Waals surface area contributed by atoms with Gasteiger partial charge in [-0.15, -0.1) is 0 Å². The maximum atomic E-state index is 5.96. The number of methoxy groups -OCH3 is 1. The lowest BCUT2D eigenvalue weighted by atomic mass is 9.83. The van der Waals surface area contributed by atoms with Crippen molar-refractivity contribution in [1.82, 2.24) is 5.16 Å². The minimum atomic E-state index is -0.0973. The van der Waals surface area contributed by atoms with Crippen molar-refractivity contribution < 1.29 is 9.26 Å². The molecule has 0 radical (unpaired) electrons. The van der Waals surface area contributed by atoms with Crippen LogP contribution in [0.3, 0.4) is 0 Å². The Morgan fingerprint density at radius 1 is 1.26 bits per heavy atom. The van der Waals surface area contributed by atoms with Gasteiger partial charge in [0.15, 0.2) is 11.6 Å². The first kappa shape index (κ1) is 13.5. The van der Waals surface area contributed by atoms with Gasteiger partial charge in [0.2, 0.25) is 0 Å². The zero-order valence-electron chi connectivity index (χ0n) is 11.9. The van der Waals surface area contributed by atoms with Crippen molar-refractivity contribution in [3.63, 3.8) is 0 Å². The highest BCUT2D eigenvalue weighted by Crippen LogP contribution is 2.39. The zero-order chi connectivity index (χ0) is 14.0. The van der Waals surface area contributed by atoms with Gasteiger partial charge >= 0.3 is 0 Å². The molecule has 0 spiro atoms. The van der Waals surface area contributed by atoms with Crippen molar-refractivity contribution in [2.45, 2.75) is 32.6 Å². The van der Waals surface area contributed by atoms with Crippen LogP contribution in [0.2, 0.25) is 0 Å². The predicted molar refractivity (Wildman–Crippen MR) is 76.2 cm³/mol. The highest BCUT2D eigenvalue weighted by Gasteiger charge is 2.29. The van der Waals surface area contributed by atoms with Crippen LogP contribution in [0.15, 0.2) is 28.8 Å². The molecule has 4 heteroatoms. The van der Waals surface area contributed by atoms with E-state index >= 15 is 0 Å². The van der Waals surface area contributed by atoms with E-state index in [1.807, 2.05) is 24.3 Å². The van der Waals surface area contributed by atoms with E-state index in [0.717, 1.165) is 29.1 Å². The lowest BCUT2D eigenvalue weighted by molar-refractivity contribution is 0.313. The predicted octanol–water partition coefficient (Wildman–Crippen LogP) is 3.62. The average Bonchev–Trinajstić information content (AvgIpc) is 2.81. The Hall–Kier alpha value is -1.97. The maximum absolute atomic E-state index is 5.96. The second-order valence-electron chi connectivity index (χ2n) is 5.24. The number of benzene rings is 1. The quantitative estimate of drug-likeness (QED) is 0.912. The van der Waals surface area contributed by atoms with Crippen LogP contribution in [0.5, 0.6) is 5.75 Å². The summed E-state index contributed by atoms with van der Waals surface area (Å²) < 4.78 is 10.6. The third-order valence-electron chi connectivity index (χ3n) is 3.60. The SMILES string of the molecule is CCC(C)(C)c1onc(N)c1-c1ccc(OC)cc1. The molecule has 1 heterocycles. The van der Waals surface area contributed by atoms with Crippen LogP contribution >= 0.6 is 0 Å². The number of nitrogens with zero attached hydrogens (tertiary/aromatic N) is 1. The molecule has 1 aromatic carbocycles. The molecule has 0 aliphatic carbocycles. The number of aromatic nitrogens is 1. The summed E-state index contributed by atoms with van der Waals surface area (Å²) in [7, 11) is 1.65. The third kappa shape index (κ3) is 2.43. The summed E-state index contributed by atoms with van der Waals surface area (Å²) in [6, 6.07) is 7.75. The first-order valence-corrected chi connectivity index (χ1v) is 6.39. The number of anilines is 1. The van der Waals surface area contributed by atoms with E-state index in [1.54, 1.807) is 7.11 Å². The molecule has 19 heavy (non-hydrogen) atoms. The topological polar surface area (TPSA) is 61.3 Å². The largest absolute Gasteiger partial charge is 0.497 e. The van der Waals surface area contributed by atoms with Crippen LogP contribution in [-0.4, -0.2) is 12.3 Å². The maximum Gasteiger partial charge on any atom is 0.175 e. The molecule has 0 aliphatic rings. The Morgan fingerprint density at radius 2 is 1.89 bits per heavy atom. The second kappa shape index (κ2) is 4.96. The van der Waals surface area contributed by atoms with E-state index in [2.05, 4.69) is 25.9 Å². The van der Waals surface area contributed by atoms with Gasteiger partial charge in [-0.1, -0.05) is 38.1 Å². The monoisotopic (exact) mass is 260 g/mol. The molecule has 0 aliphatic heterocycles. The van der Waals surface area contributed by atoms with Crippen LogP contribution < -0.4 is 10.5 Å². The van der Waals surface area contributed by atoms with E-state index < -0.39 is 0 Å². The van der Waals surface area contributed by atoms with E-state index in [-0.39, 0.29) is 5.41 Å². The molecule has 0 unspecified atom stereocenters. The number of nitrogens with two attached hydrogens (primary N) is 1. The summed E-state index contributed by atoms with van der Waals surface area (Å²) in [5.41, 5.74) is 7.74. The minimum absolute atomic E-state index is 0.0973. The fourth-order valence-electron chi connectivity index (χ4n) is 1.96. The summed E-state index contributed by atoms with van der Waals surface area (Å²) in [5, 5.41) is 3.92. The van der Waals surface area contributed by atoms with Crippen molar-refractivity contribution in [2.75, 3.05) is 12.8 Å². The Morgan fingerprint density at radius 3 is 2.42 bits per heavy atom. The van der Waals surface area contributed by atoms with Crippen LogP contribution in [-0.2, 0) is 5.41 Å². The minimum Gasteiger partial charge on any atom is -0.497 e. The van der Waals surface area contributed by atoms with E-state index in [9.17, 15) is 0 Å². The molecule has 0 bridgehead atoms. The first-order chi connectivity index (χ1) is 8.99. The Kier molecular flexibility index (Phi) is 3.51. The van der Waals surface area contributed by atoms with Crippen molar-refractivity contribution in [2.24, 2.45) is 0 Å². The molecular weight excluding hydrogens is 240 g/mol. The standard InChI is InChI=1S/C15H20N2O2/c1-5-15(2,3)13-12(14(16)17-19-13)10-6-8-11(18-4)9-7-10/h6-9H,5H2,1-4H3,(H2,16,17). The molecule has 2 rings (SSSR count). The van der Waals surface area contributed by atoms with Crippen LogP contribution in [0, 0.1) is 0 Å². The summed E-state index contributed by atoms with van der Waals surface area (Å²) in [4.78, 5) is 0. The fourth-order valence-corrected chi connectivity index (χ4v) is 1.96. The van der Waals surface area contributed by atoms with Gasteiger partial charge in [-0.25, -0.2) is 0 Å². The average molecular weight is 260 g/mol. The van der Waals surface area contributed by atoms with Gasteiger partial charge in [0, 0.05) is 5.41 Å². The highest BCUT2D eigenvalue weighted by atomic mass is 16.5. The van der Waals surface area contributed by atoms with Gasteiger partial charge in [0.05, 0.1) is 12.7 Å². The van der Waals surface area contributed by atoms with Crippen molar-refractivity contribution in [3.05, 3.63) is 30.0 Å². The smallest absolute Gasteiger partial charge is 0.175 e. The van der Waals surface area contributed by atoms with Gasteiger partial charge in [-0.05, 0) is 24.1 Å². The van der Waals surface area contributed by atoms with E-state index in [0.29, 0.717) is 5.82 Å². The molecular formula is C15H20N2O2. The molecule has 0 atom stereocenters. The number of rotatable bonds is 4. The van der Waals surface area contributed by atoms with Gasteiger partial charge in [0.1, 0.15) is 5.75 Å². The molecule has 2 N–H and O–H groups in total. The van der Waals surface area contributed by atoms with Crippen LogP contribution in [0.25, 0.3) is 11.1 Å². The molecule has 0 saturated carbocycles. The van der Waals surface area contributed by atoms with Crippen LogP contribution in [0.1, 0.15) is 33.0 Å². The van der Waals surface area contributed by atoms with Gasteiger partial charge < -0.3 is 15.0 Å². The van der Waals surface area contributed by atoms with Crippen LogP contribution in [0.4, 0.5) is 5.82 Å². The molecule has 1 aromatic heterocycles. The lowest BCUT2D eigenvalue weighted by Crippen LogP contribution is -2.15. The molecule has 4 nitrogen and oxygen atoms in total. The number of nitrogen functional groups attached to an aromatic ring is 1. The Labute approximate surface area is 113 Å². The first-order valence-electron chi connectivity index (χ1n) is 6.39. The van der Waals surface area contributed by atoms with E-state index in [4.69, 9.17) is 15.0 Å². The van der Waals surface area contributed by atoms with Gasteiger partial charge in [-0.3, -0.25) is 0 Å². The molecule has 102 valence electrons. The summed E-state index contributed by atoms with van der Waals surface area (Å²) in [6.07, 6.45) is 0.949.